The number of rotatable bonds is 4. The SMILES string of the molecule is NS(=O)(=O)Cc1ccc(NC(=O)c2c[nH]c(=O)cn2)cc1. The van der Waals surface area contributed by atoms with Crippen molar-refractivity contribution in [2.24, 2.45) is 5.14 Å². The first-order chi connectivity index (χ1) is 9.83. The van der Waals surface area contributed by atoms with Crippen LogP contribution in [0, 0.1) is 0 Å². The Hall–Kier alpha value is -2.52. The summed E-state index contributed by atoms with van der Waals surface area (Å²) in [6, 6.07) is 6.18. The van der Waals surface area contributed by atoms with Crippen molar-refractivity contribution in [1.29, 1.82) is 0 Å². The number of aromatic amines is 1. The number of nitrogens with two attached hydrogens (primary N) is 1. The quantitative estimate of drug-likeness (QED) is 0.719. The van der Waals surface area contributed by atoms with Gasteiger partial charge in [0.15, 0.2) is 0 Å². The molecule has 2 rings (SSSR count). The molecule has 0 aliphatic rings. The highest BCUT2D eigenvalue weighted by Crippen LogP contribution is 2.12. The number of amides is 1. The molecule has 4 N–H and O–H groups in total. The molecule has 1 heterocycles. The van der Waals surface area contributed by atoms with E-state index in [0.29, 0.717) is 11.3 Å². The fourth-order valence-electron chi connectivity index (χ4n) is 1.58. The monoisotopic (exact) mass is 308 g/mol. The first-order valence-electron chi connectivity index (χ1n) is 5.79. The molecular weight excluding hydrogens is 296 g/mol. The second-order valence-electron chi connectivity index (χ2n) is 4.25. The molecule has 1 amide bonds. The summed E-state index contributed by atoms with van der Waals surface area (Å²) in [6.07, 6.45) is 2.21. The molecule has 0 radical (unpaired) electrons. The van der Waals surface area contributed by atoms with E-state index in [1.54, 1.807) is 24.3 Å². The van der Waals surface area contributed by atoms with Crippen molar-refractivity contribution < 1.29 is 13.2 Å². The first-order valence-corrected chi connectivity index (χ1v) is 7.50. The fourth-order valence-corrected chi connectivity index (χ4v) is 2.24. The molecule has 0 aliphatic carbocycles. The second kappa shape index (κ2) is 5.85. The predicted octanol–water partition coefficient (Wildman–Crippen LogP) is -0.189. The lowest BCUT2D eigenvalue weighted by molar-refractivity contribution is 0.102. The van der Waals surface area contributed by atoms with Gasteiger partial charge >= 0.3 is 0 Å². The summed E-state index contributed by atoms with van der Waals surface area (Å²) in [6.45, 7) is 0. The molecular formula is C12H12N4O4S. The Morgan fingerprint density at radius 3 is 2.48 bits per heavy atom. The number of hydrogen-bond acceptors (Lipinski definition) is 5. The lowest BCUT2D eigenvalue weighted by Crippen LogP contribution is -2.17. The Balaban J connectivity index is 2.08. The fraction of sp³-hybridized carbons (Fsp3) is 0.0833. The van der Waals surface area contributed by atoms with Crippen molar-refractivity contribution in [1.82, 2.24) is 9.97 Å². The number of carbonyl (C=O) groups is 1. The molecule has 0 fully saturated rings. The maximum absolute atomic E-state index is 11.8. The molecule has 2 aromatic rings. The van der Waals surface area contributed by atoms with Gasteiger partial charge in [-0.05, 0) is 17.7 Å². The van der Waals surface area contributed by atoms with Gasteiger partial charge in [-0.15, -0.1) is 0 Å². The summed E-state index contributed by atoms with van der Waals surface area (Å²) < 4.78 is 21.9. The first kappa shape index (κ1) is 14.9. The Labute approximate surface area is 120 Å². The number of nitrogens with zero attached hydrogens (tertiary/aromatic N) is 1. The van der Waals surface area contributed by atoms with E-state index in [1.165, 1.54) is 6.20 Å². The third-order valence-electron chi connectivity index (χ3n) is 2.48. The van der Waals surface area contributed by atoms with Crippen molar-refractivity contribution in [3.8, 4) is 0 Å². The van der Waals surface area contributed by atoms with Crippen molar-refractivity contribution in [3.63, 3.8) is 0 Å². The topological polar surface area (TPSA) is 135 Å². The highest BCUT2D eigenvalue weighted by molar-refractivity contribution is 7.88. The lowest BCUT2D eigenvalue weighted by atomic mass is 10.2. The van der Waals surface area contributed by atoms with Gasteiger partial charge in [0, 0.05) is 11.9 Å². The Morgan fingerprint density at radius 1 is 1.29 bits per heavy atom. The molecule has 0 aliphatic heterocycles. The molecule has 0 atom stereocenters. The normalized spacial score (nSPS) is 11.1. The summed E-state index contributed by atoms with van der Waals surface area (Å²) in [5.74, 6) is -0.770. The van der Waals surface area contributed by atoms with Crippen LogP contribution in [0.1, 0.15) is 16.1 Å². The maximum Gasteiger partial charge on any atom is 0.275 e. The number of primary sulfonamides is 1. The smallest absolute Gasteiger partial charge is 0.275 e. The summed E-state index contributed by atoms with van der Waals surface area (Å²) >= 11 is 0. The average Bonchev–Trinajstić information content (AvgIpc) is 2.40. The molecule has 1 aromatic carbocycles. The van der Waals surface area contributed by atoms with Crippen molar-refractivity contribution in [3.05, 3.63) is 58.3 Å². The molecule has 0 saturated heterocycles. The Bertz CT molecular complexity index is 791. The minimum atomic E-state index is -3.59. The lowest BCUT2D eigenvalue weighted by Gasteiger charge is -2.05. The van der Waals surface area contributed by atoms with Gasteiger partial charge in [0.05, 0.1) is 11.9 Å². The van der Waals surface area contributed by atoms with Gasteiger partial charge in [-0.3, -0.25) is 9.59 Å². The van der Waals surface area contributed by atoms with Gasteiger partial charge in [-0.25, -0.2) is 18.5 Å². The third kappa shape index (κ3) is 4.51. The van der Waals surface area contributed by atoms with Crippen LogP contribution in [0.5, 0.6) is 0 Å². The van der Waals surface area contributed by atoms with Crippen LogP contribution in [0.15, 0.2) is 41.5 Å². The van der Waals surface area contributed by atoms with Gasteiger partial charge in [-0.1, -0.05) is 12.1 Å². The predicted molar refractivity (Wildman–Crippen MR) is 76.1 cm³/mol. The largest absolute Gasteiger partial charge is 0.325 e. The Morgan fingerprint density at radius 2 is 1.95 bits per heavy atom. The van der Waals surface area contributed by atoms with Crippen LogP contribution in [-0.4, -0.2) is 24.3 Å². The van der Waals surface area contributed by atoms with Crippen LogP contribution in [0.3, 0.4) is 0 Å². The highest BCUT2D eigenvalue weighted by atomic mass is 32.2. The summed E-state index contributed by atoms with van der Waals surface area (Å²) in [4.78, 5) is 28.7. The minimum absolute atomic E-state index is 0.0585. The van der Waals surface area contributed by atoms with Crippen molar-refractivity contribution >= 4 is 21.6 Å². The molecule has 0 bridgehead atoms. The number of anilines is 1. The van der Waals surface area contributed by atoms with E-state index in [4.69, 9.17) is 5.14 Å². The van der Waals surface area contributed by atoms with Crippen molar-refractivity contribution in [2.75, 3.05) is 5.32 Å². The number of aromatic nitrogens is 2. The van der Waals surface area contributed by atoms with E-state index in [1.807, 2.05) is 0 Å². The third-order valence-corrected chi connectivity index (χ3v) is 3.22. The summed E-state index contributed by atoms with van der Waals surface area (Å²) in [5.41, 5.74) is 0.631. The van der Waals surface area contributed by atoms with E-state index in [9.17, 15) is 18.0 Å². The molecule has 8 nitrogen and oxygen atoms in total. The maximum atomic E-state index is 11.8. The van der Waals surface area contributed by atoms with Gasteiger partial charge in [0.2, 0.25) is 10.0 Å². The van der Waals surface area contributed by atoms with E-state index in [0.717, 1.165) is 6.20 Å². The summed E-state index contributed by atoms with van der Waals surface area (Å²) in [5, 5.41) is 7.50. The Kier molecular flexibility index (Phi) is 4.15. The van der Waals surface area contributed by atoms with E-state index >= 15 is 0 Å². The molecule has 1 aromatic heterocycles. The molecule has 9 heteroatoms. The number of carbonyl (C=O) groups excluding carboxylic acids is 1. The highest BCUT2D eigenvalue weighted by Gasteiger charge is 2.08. The second-order valence-corrected chi connectivity index (χ2v) is 5.87. The number of hydrogen-bond donors (Lipinski definition) is 3. The summed E-state index contributed by atoms with van der Waals surface area (Å²) in [7, 11) is -3.59. The molecule has 0 spiro atoms. The van der Waals surface area contributed by atoms with E-state index in [-0.39, 0.29) is 11.4 Å². The standard InChI is InChI=1S/C12H12N4O4S/c13-21(19,20)7-8-1-3-9(4-2-8)16-12(18)10-5-15-11(17)6-14-10/h1-6H,7H2,(H,15,17)(H,16,18)(H2,13,19,20). The zero-order valence-corrected chi connectivity index (χ0v) is 11.6. The van der Waals surface area contributed by atoms with Crippen LogP contribution >= 0.6 is 0 Å². The molecule has 0 unspecified atom stereocenters. The number of nitrogens with one attached hydrogen (secondary N) is 2. The number of sulfonamides is 1. The van der Waals surface area contributed by atoms with Gasteiger partial charge < -0.3 is 10.3 Å². The van der Waals surface area contributed by atoms with Crippen LogP contribution in [-0.2, 0) is 15.8 Å². The van der Waals surface area contributed by atoms with Crippen LogP contribution in [0.25, 0.3) is 0 Å². The van der Waals surface area contributed by atoms with Crippen molar-refractivity contribution in [2.45, 2.75) is 5.75 Å². The van der Waals surface area contributed by atoms with Gasteiger partial charge in [0.1, 0.15) is 5.69 Å². The van der Waals surface area contributed by atoms with Gasteiger partial charge in [0.25, 0.3) is 11.5 Å². The van der Waals surface area contributed by atoms with Crippen LogP contribution < -0.4 is 16.0 Å². The van der Waals surface area contributed by atoms with Crippen LogP contribution in [0.2, 0.25) is 0 Å². The van der Waals surface area contributed by atoms with E-state index < -0.39 is 21.5 Å². The number of H-pyrrole nitrogens is 1. The van der Waals surface area contributed by atoms with Crippen LogP contribution in [0.4, 0.5) is 5.69 Å². The molecule has 21 heavy (non-hydrogen) atoms. The molecule has 0 saturated carbocycles. The van der Waals surface area contributed by atoms with E-state index in [2.05, 4.69) is 15.3 Å². The minimum Gasteiger partial charge on any atom is -0.325 e. The van der Waals surface area contributed by atoms with Gasteiger partial charge in [-0.2, -0.15) is 0 Å². The molecule has 110 valence electrons. The zero-order chi connectivity index (χ0) is 15.5. The number of benzene rings is 1. The average molecular weight is 308 g/mol. The zero-order valence-electron chi connectivity index (χ0n) is 10.7.